The van der Waals surface area contributed by atoms with Crippen molar-refractivity contribution >= 4 is 34.4 Å². The summed E-state index contributed by atoms with van der Waals surface area (Å²) in [5, 5.41) is 32.3. The summed E-state index contributed by atoms with van der Waals surface area (Å²) in [6, 6.07) is 1.65. The van der Waals surface area contributed by atoms with Gasteiger partial charge in [0.1, 0.15) is 18.8 Å². The van der Waals surface area contributed by atoms with Crippen molar-refractivity contribution in [2.45, 2.75) is 43.9 Å². The van der Waals surface area contributed by atoms with Gasteiger partial charge in [-0.3, -0.25) is 9.59 Å². The van der Waals surface area contributed by atoms with E-state index in [1.807, 2.05) is 22.6 Å². The van der Waals surface area contributed by atoms with Gasteiger partial charge < -0.3 is 39.7 Å². The summed E-state index contributed by atoms with van der Waals surface area (Å²) in [7, 11) is 1.36. The fourth-order valence-electron chi connectivity index (χ4n) is 4.41. The van der Waals surface area contributed by atoms with Crippen LogP contribution in [0.25, 0.3) is 0 Å². The molecule has 14 heteroatoms. The number of nitrogens with one attached hydrogen (secondary N) is 1. The molecule has 1 aromatic rings. The lowest BCUT2D eigenvalue weighted by molar-refractivity contribution is -0.175. The predicted octanol–water partition coefficient (Wildman–Crippen LogP) is 1.14. The van der Waals surface area contributed by atoms with Crippen LogP contribution in [-0.2, 0) is 20.9 Å². The monoisotopic (exact) mass is 658 g/mol. The highest BCUT2D eigenvalue weighted by Crippen LogP contribution is 2.38. The Morgan fingerprint density at radius 2 is 2.03 bits per heavy atom. The molecule has 0 saturated carbocycles. The van der Waals surface area contributed by atoms with Crippen LogP contribution in [0.4, 0.5) is 13.2 Å². The van der Waals surface area contributed by atoms with Crippen molar-refractivity contribution in [3.8, 4) is 11.5 Å². The van der Waals surface area contributed by atoms with Gasteiger partial charge in [0.05, 0.1) is 42.5 Å². The van der Waals surface area contributed by atoms with Gasteiger partial charge >= 0.3 is 6.18 Å². The molecule has 0 bridgehead atoms. The minimum absolute atomic E-state index is 0.0117. The number of nitrogens with zero attached hydrogens (tertiary/aromatic N) is 1. The summed E-state index contributed by atoms with van der Waals surface area (Å²) in [6.07, 6.45) is -6.60. The molecule has 0 radical (unpaired) electrons. The van der Waals surface area contributed by atoms with Gasteiger partial charge in [-0.15, -0.1) is 0 Å². The van der Waals surface area contributed by atoms with Crippen LogP contribution in [0.5, 0.6) is 11.5 Å². The molecule has 1 aliphatic carbocycles. The molecule has 4 unspecified atom stereocenters. The van der Waals surface area contributed by atoms with Gasteiger partial charge in [0, 0.05) is 25.1 Å². The first-order chi connectivity index (χ1) is 18.0. The van der Waals surface area contributed by atoms with Crippen molar-refractivity contribution < 1.29 is 52.3 Å². The molecule has 2 aliphatic rings. The number of halogens is 4. The summed E-state index contributed by atoms with van der Waals surface area (Å²) in [4.78, 5) is 26.5. The number of benzene rings is 1. The van der Waals surface area contributed by atoms with Gasteiger partial charge in [0.15, 0.2) is 11.5 Å². The quantitative estimate of drug-likeness (QED) is 0.275. The topological polar surface area (TPSA) is 138 Å². The van der Waals surface area contributed by atoms with Gasteiger partial charge in [-0.05, 0) is 52.8 Å². The Hall–Kier alpha value is -2.14. The first-order valence-corrected chi connectivity index (χ1v) is 12.9. The highest BCUT2D eigenvalue weighted by molar-refractivity contribution is 14.1. The van der Waals surface area contributed by atoms with E-state index in [9.17, 15) is 33.0 Å². The number of amides is 2. The van der Waals surface area contributed by atoms with Crippen molar-refractivity contribution in [1.29, 1.82) is 0 Å². The molecular formula is C24H30F3IN2O8. The highest BCUT2D eigenvalue weighted by Gasteiger charge is 2.46. The first kappa shape index (κ1) is 30.4. The zero-order valence-electron chi connectivity index (χ0n) is 20.5. The number of ether oxygens (including phenoxy) is 3. The molecule has 4 N–H and O–H groups in total. The van der Waals surface area contributed by atoms with Crippen LogP contribution in [0.1, 0.15) is 18.4 Å². The number of hydrogen-bond donors (Lipinski definition) is 4. The van der Waals surface area contributed by atoms with Crippen LogP contribution >= 0.6 is 22.6 Å². The Morgan fingerprint density at radius 3 is 2.61 bits per heavy atom. The number of aliphatic hydroxyl groups excluding tert-OH is 3. The second-order valence-electron chi connectivity index (χ2n) is 8.92. The fraction of sp³-hybridized carbons (Fsp3) is 0.583. The van der Waals surface area contributed by atoms with Gasteiger partial charge in [-0.25, -0.2) is 0 Å². The summed E-state index contributed by atoms with van der Waals surface area (Å²) >= 11 is 1.92. The van der Waals surface area contributed by atoms with Gasteiger partial charge in [-0.1, -0.05) is 0 Å². The minimum Gasteiger partial charge on any atom is -0.493 e. The fourth-order valence-corrected chi connectivity index (χ4v) is 5.20. The Bertz CT molecular complexity index is 1030. The van der Waals surface area contributed by atoms with Crippen molar-refractivity contribution in [1.82, 2.24) is 10.2 Å². The zero-order valence-corrected chi connectivity index (χ0v) is 22.7. The maximum absolute atomic E-state index is 13.6. The van der Waals surface area contributed by atoms with E-state index in [0.29, 0.717) is 14.0 Å². The number of alkyl halides is 3. The molecule has 1 fully saturated rings. The van der Waals surface area contributed by atoms with Crippen molar-refractivity contribution in [3.63, 3.8) is 0 Å². The van der Waals surface area contributed by atoms with E-state index in [0.717, 1.165) is 0 Å². The summed E-state index contributed by atoms with van der Waals surface area (Å²) < 4.78 is 57.9. The Morgan fingerprint density at radius 1 is 1.29 bits per heavy atom. The third kappa shape index (κ3) is 7.49. The Labute approximate surface area is 230 Å². The van der Waals surface area contributed by atoms with Crippen LogP contribution in [0.2, 0.25) is 0 Å². The number of carbonyl (C=O) groups is 2. The van der Waals surface area contributed by atoms with Crippen LogP contribution in [0, 0.1) is 9.49 Å². The smallest absolute Gasteiger partial charge is 0.406 e. The average molecular weight is 658 g/mol. The van der Waals surface area contributed by atoms with E-state index in [1.165, 1.54) is 19.3 Å². The standard InChI is InChI=1S/C24H30F3IN2O8/c1-36-19-7-13(10-32)6-16(28)21(19)38-18-9-15(22(34)29-3-4-31)8-17(20(18)33)30(12-24(25,26)27)23(35)14-2-5-37-11-14/h6-7,9,14,17-18,20,31-33H,2-5,8,10-12H2,1H3,(H,29,34). The zero-order chi connectivity index (χ0) is 28.0. The van der Waals surface area contributed by atoms with Crippen molar-refractivity contribution in [2.75, 3.05) is 40.0 Å². The highest BCUT2D eigenvalue weighted by atomic mass is 127. The maximum Gasteiger partial charge on any atom is 0.406 e. The van der Waals surface area contributed by atoms with Gasteiger partial charge in [-0.2, -0.15) is 13.2 Å². The van der Waals surface area contributed by atoms with Crippen molar-refractivity contribution in [2.24, 2.45) is 5.92 Å². The number of hydrogen-bond acceptors (Lipinski definition) is 8. The lowest BCUT2D eigenvalue weighted by Gasteiger charge is -2.41. The van der Waals surface area contributed by atoms with Gasteiger partial charge in [0.25, 0.3) is 0 Å². The number of methoxy groups -OCH3 is 1. The molecule has 3 rings (SSSR count). The molecule has 1 saturated heterocycles. The van der Waals surface area contributed by atoms with Gasteiger partial charge in [0.2, 0.25) is 11.8 Å². The molecule has 212 valence electrons. The molecule has 1 aliphatic heterocycles. The first-order valence-electron chi connectivity index (χ1n) is 11.9. The van der Waals surface area contributed by atoms with E-state index in [4.69, 9.17) is 19.3 Å². The SMILES string of the molecule is COc1cc(CO)cc(I)c1OC1C=C(C(=O)NCCO)CC(N(CC(F)(F)F)C(=O)C2CCOC2)C1O. The van der Waals surface area contributed by atoms with Crippen LogP contribution in [-0.4, -0.2) is 96.5 Å². The Balaban J connectivity index is 2.02. The van der Waals surface area contributed by atoms with E-state index < -0.39 is 48.7 Å². The molecule has 0 spiro atoms. The Kier molecular flexibility index (Phi) is 10.6. The molecule has 10 nitrogen and oxygen atoms in total. The number of aliphatic hydroxyl groups is 3. The molecule has 4 atom stereocenters. The lowest BCUT2D eigenvalue weighted by Crippen LogP contribution is -2.58. The summed E-state index contributed by atoms with van der Waals surface area (Å²) in [5.74, 6) is -1.99. The normalized spacial score (nSPS) is 23.5. The molecule has 1 heterocycles. The summed E-state index contributed by atoms with van der Waals surface area (Å²) in [6.45, 7) is -2.19. The minimum atomic E-state index is -4.77. The molecular weight excluding hydrogens is 628 g/mol. The molecule has 2 amide bonds. The van der Waals surface area contributed by atoms with E-state index in [-0.39, 0.29) is 62.9 Å². The second kappa shape index (κ2) is 13.3. The van der Waals surface area contributed by atoms with Crippen molar-refractivity contribution in [3.05, 3.63) is 32.9 Å². The molecule has 38 heavy (non-hydrogen) atoms. The third-order valence-electron chi connectivity index (χ3n) is 6.25. The molecule has 1 aromatic carbocycles. The lowest BCUT2D eigenvalue weighted by atomic mass is 9.87. The molecule has 0 aromatic heterocycles. The van der Waals surface area contributed by atoms with Crippen LogP contribution < -0.4 is 14.8 Å². The van der Waals surface area contributed by atoms with Crippen LogP contribution in [0.15, 0.2) is 23.8 Å². The average Bonchev–Trinajstić information content (AvgIpc) is 3.42. The van der Waals surface area contributed by atoms with E-state index >= 15 is 0 Å². The summed E-state index contributed by atoms with van der Waals surface area (Å²) in [5.41, 5.74) is 0.503. The second-order valence-corrected chi connectivity index (χ2v) is 10.1. The predicted molar refractivity (Wildman–Crippen MR) is 135 cm³/mol. The third-order valence-corrected chi connectivity index (χ3v) is 7.05. The van der Waals surface area contributed by atoms with Crippen LogP contribution in [0.3, 0.4) is 0 Å². The van der Waals surface area contributed by atoms with E-state index in [2.05, 4.69) is 5.32 Å². The largest absolute Gasteiger partial charge is 0.493 e. The number of rotatable bonds is 10. The maximum atomic E-state index is 13.6. The number of carbonyl (C=O) groups excluding carboxylic acids is 2. The van der Waals surface area contributed by atoms with E-state index in [1.54, 1.807) is 6.07 Å².